The number of carbonyl (C=O) groups is 1. The Balaban J connectivity index is 1.87. The fourth-order valence-electron chi connectivity index (χ4n) is 8.07. The van der Waals surface area contributed by atoms with Gasteiger partial charge in [0.1, 0.15) is 48.8 Å². The molecule has 12 atom stereocenters. The molecule has 0 aromatic heterocycles. The molecule has 364 valence electrons. The first-order chi connectivity index (χ1) is 30.1. The van der Waals surface area contributed by atoms with E-state index in [0.29, 0.717) is 12.8 Å². The summed E-state index contributed by atoms with van der Waals surface area (Å²) in [6.45, 7) is 2.74. The SMILES string of the molecule is CCCCCCCC/C=C/CC/C=C/C(O)C(COC1OC(CO)C(OC2OC(CO)C(O)C(O)C2O)C(O)C1O)NC(=O)CCCCCCCCCCCCCCCCCC. The van der Waals surface area contributed by atoms with Gasteiger partial charge in [-0.2, -0.15) is 0 Å². The van der Waals surface area contributed by atoms with Gasteiger partial charge in [0.15, 0.2) is 12.6 Å². The number of hydrogen-bond acceptors (Lipinski definition) is 13. The Kier molecular flexibility index (Phi) is 32.6. The normalized spacial score (nSPS) is 27.9. The lowest BCUT2D eigenvalue weighted by Gasteiger charge is -2.46. The van der Waals surface area contributed by atoms with Gasteiger partial charge in [-0.1, -0.05) is 167 Å². The average Bonchev–Trinajstić information content (AvgIpc) is 3.27. The van der Waals surface area contributed by atoms with Crippen molar-refractivity contribution < 1.29 is 64.6 Å². The second-order valence-electron chi connectivity index (χ2n) is 17.6. The van der Waals surface area contributed by atoms with Crippen molar-refractivity contribution in [3.63, 3.8) is 0 Å². The summed E-state index contributed by atoms with van der Waals surface area (Å²) in [5.74, 6) is -0.250. The van der Waals surface area contributed by atoms with Crippen molar-refractivity contribution in [3.05, 3.63) is 24.3 Å². The molecule has 2 aliphatic rings. The molecule has 14 heteroatoms. The summed E-state index contributed by atoms with van der Waals surface area (Å²) in [6, 6.07) is -0.924. The van der Waals surface area contributed by atoms with Crippen LogP contribution < -0.4 is 5.32 Å². The van der Waals surface area contributed by atoms with Crippen molar-refractivity contribution in [1.82, 2.24) is 5.32 Å². The second kappa shape index (κ2) is 35.7. The maximum atomic E-state index is 13.1. The predicted octanol–water partition coefficient (Wildman–Crippen LogP) is 5.77. The molecule has 0 aromatic carbocycles. The molecule has 2 rings (SSSR count). The zero-order valence-corrected chi connectivity index (χ0v) is 38.4. The van der Waals surface area contributed by atoms with Crippen LogP contribution in [0.3, 0.4) is 0 Å². The molecule has 2 saturated heterocycles. The van der Waals surface area contributed by atoms with Crippen molar-refractivity contribution in [2.45, 2.75) is 254 Å². The number of unbranched alkanes of at least 4 members (excludes halogenated alkanes) is 22. The molecule has 0 saturated carbocycles. The molecule has 0 aromatic rings. The van der Waals surface area contributed by atoms with E-state index >= 15 is 0 Å². The molecule has 9 N–H and O–H groups in total. The molecule has 0 aliphatic carbocycles. The molecule has 2 heterocycles. The first-order valence-corrected chi connectivity index (χ1v) is 24.6. The third kappa shape index (κ3) is 23.1. The monoisotopic (exact) mass is 888 g/mol. The van der Waals surface area contributed by atoms with Crippen molar-refractivity contribution in [3.8, 4) is 0 Å². The molecule has 2 fully saturated rings. The Morgan fingerprint density at radius 2 is 1.03 bits per heavy atom. The fourth-order valence-corrected chi connectivity index (χ4v) is 8.07. The zero-order chi connectivity index (χ0) is 45.4. The Bertz CT molecular complexity index is 1140. The third-order valence-electron chi connectivity index (χ3n) is 12.1. The Morgan fingerprint density at radius 3 is 1.58 bits per heavy atom. The van der Waals surface area contributed by atoms with Crippen LogP contribution in [0.15, 0.2) is 24.3 Å². The Hall–Kier alpha value is -1.53. The molecule has 14 nitrogen and oxygen atoms in total. The van der Waals surface area contributed by atoms with Crippen LogP contribution in [0.1, 0.15) is 181 Å². The lowest BCUT2D eigenvalue weighted by Crippen LogP contribution is -2.65. The topological polar surface area (TPSA) is 228 Å². The van der Waals surface area contributed by atoms with Crippen LogP contribution in [-0.4, -0.2) is 140 Å². The molecule has 2 aliphatic heterocycles. The van der Waals surface area contributed by atoms with E-state index in [-0.39, 0.29) is 18.9 Å². The molecule has 62 heavy (non-hydrogen) atoms. The number of aliphatic hydroxyl groups excluding tert-OH is 8. The van der Waals surface area contributed by atoms with Gasteiger partial charge in [0.25, 0.3) is 0 Å². The van der Waals surface area contributed by atoms with Gasteiger partial charge in [-0.05, 0) is 32.1 Å². The number of nitrogens with one attached hydrogen (secondary N) is 1. The van der Waals surface area contributed by atoms with Gasteiger partial charge in [-0.3, -0.25) is 4.79 Å². The number of hydrogen-bond donors (Lipinski definition) is 9. The van der Waals surface area contributed by atoms with Crippen LogP contribution in [0.4, 0.5) is 0 Å². The third-order valence-corrected chi connectivity index (χ3v) is 12.1. The van der Waals surface area contributed by atoms with E-state index in [4.69, 9.17) is 18.9 Å². The number of carbonyl (C=O) groups excluding carboxylic acids is 1. The van der Waals surface area contributed by atoms with Crippen LogP contribution in [0.25, 0.3) is 0 Å². The van der Waals surface area contributed by atoms with E-state index in [2.05, 4.69) is 31.3 Å². The van der Waals surface area contributed by atoms with Crippen LogP contribution in [-0.2, 0) is 23.7 Å². The summed E-state index contributed by atoms with van der Waals surface area (Å²) in [5, 5.41) is 86.5. The van der Waals surface area contributed by atoms with Gasteiger partial charge in [0.05, 0.1) is 32.0 Å². The van der Waals surface area contributed by atoms with Crippen molar-refractivity contribution in [2.24, 2.45) is 0 Å². The maximum Gasteiger partial charge on any atom is 0.220 e. The molecule has 0 spiro atoms. The van der Waals surface area contributed by atoms with E-state index in [9.17, 15) is 45.6 Å². The Morgan fingerprint density at radius 1 is 0.565 bits per heavy atom. The van der Waals surface area contributed by atoms with Crippen molar-refractivity contribution in [2.75, 3.05) is 19.8 Å². The average molecular weight is 888 g/mol. The first kappa shape index (κ1) is 56.6. The quantitative estimate of drug-likeness (QED) is 0.0267. The van der Waals surface area contributed by atoms with E-state index in [1.807, 2.05) is 6.08 Å². The second-order valence-corrected chi connectivity index (χ2v) is 17.6. The summed E-state index contributed by atoms with van der Waals surface area (Å²) in [5.41, 5.74) is 0. The molecule has 1 amide bonds. The largest absolute Gasteiger partial charge is 0.394 e. The molecule has 12 unspecified atom stereocenters. The van der Waals surface area contributed by atoms with Crippen LogP contribution in [0.2, 0.25) is 0 Å². The van der Waals surface area contributed by atoms with Gasteiger partial charge in [-0.15, -0.1) is 0 Å². The van der Waals surface area contributed by atoms with E-state index in [1.165, 1.54) is 116 Å². The van der Waals surface area contributed by atoms with Gasteiger partial charge < -0.3 is 65.1 Å². The van der Waals surface area contributed by atoms with Crippen LogP contribution in [0.5, 0.6) is 0 Å². The summed E-state index contributed by atoms with van der Waals surface area (Å²) in [4.78, 5) is 13.1. The molecule has 0 radical (unpaired) electrons. The molecular formula is C48H89NO13. The highest BCUT2D eigenvalue weighted by atomic mass is 16.7. The summed E-state index contributed by atoms with van der Waals surface area (Å²) < 4.78 is 22.6. The smallest absolute Gasteiger partial charge is 0.220 e. The lowest BCUT2D eigenvalue weighted by atomic mass is 9.97. The van der Waals surface area contributed by atoms with Crippen molar-refractivity contribution >= 4 is 5.91 Å². The Labute approximate surface area is 373 Å². The number of allylic oxidation sites excluding steroid dienone is 3. The highest BCUT2D eigenvalue weighted by Gasteiger charge is 2.51. The van der Waals surface area contributed by atoms with E-state index in [0.717, 1.165) is 32.1 Å². The van der Waals surface area contributed by atoms with Crippen LogP contribution in [0, 0.1) is 0 Å². The minimum Gasteiger partial charge on any atom is -0.394 e. The van der Waals surface area contributed by atoms with E-state index in [1.54, 1.807) is 6.08 Å². The van der Waals surface area contributed by atoms with Gasteiger partial charge >= 0.3 is 0 Å². The zero-order valence-electron chi connectivity index (χ0n) is 38.4. The summed E-state index contributed by atoms with van der Waals surface area (Å²) in [7, 11) is 0. The highest BCUT2D eigenvalue weighted by Crippen LogP contribution is 2.30. The lowest BCUT2D eigenvalue weighted by molar-refractivity contribution is -0.359. The first-order valence-electron chi connectivity index (χ1n) is 24.6. The fraction of sp³-hybridized carbons (Fsp3) is 0.896. The number of rotatable bonds is 37. The summed E-state index contributed by atoms with van der Waals surface area (Å²) >= 11 is 0. The number of amides is 1. The predicted molar refractivity (Wildman–Crippen MR) is 240 cm³/mol. The summed E-state index contributed by atoms with van der Waals surface area (Å²) in [6.07, 6.45) is 20.8. The van der Waals surface area contributed by atoms with E-state index < -0.39 is 86.8 Å². The number of ether oxygens (including phenoxy) is 4. The minimum atomic E-state index is -1.79. The van der Waals surface area contributed by atoms with Crippen molar-refractivity contribution in [1.29, 1.82) is 0 Å². The maximum absolute atomic E-state index is 13.1. The standard InChI is InChI=1S/C48H89NO13/c1-3-5-7-9-11-13-15-17-18-19-20-22-24-26-28-30-32-40(53)49-36(37(52)31-29-27-25-23-21-16-14-12-10-8-6-4-2)35-59-47-45(58)43(56)46(39(34-51)61-47)62-48-44(57)42(55)41(54)38(33-50)60-48/h21,23,29,31,36-39,41-48,50-52,54-58H,3-20,22,24-28,30,32-35H2,1-2H3,(H,49,53)/b23-21+,31-29+. The molecule has 0 bridgehead atoms. The van der Waals surface area contributed by atoms with Gasteiger partial charge in [-0.25, -0.2) is 0 Å². The minimum absolute atomic E-state index is 0.250. The molecular weight excluding hydrogens is 799 g/mol. The van der Waals surface area contributed by atoms with Gasteiger partial charge in [0, 0.05) is 6.42 Å². The van der Waals surface area contributed by atoms with Gasteiger partial charge in [0.2, 0.25) is 5.91 Å². The van der Waals surface area contributed by atoms with Crippen LogP contribution >= 0.6 is 0 Å². The number of aliphatic hydroxyl groups is 8. The highest BCUT2D eigenvalue weighted by molar-refractivity contribution is 5.76.